The number of likely N-dealkylation sites (N-methyl/N-ethyl adjacent to an activating group) is 1. The summed E-state index contributed by atoms with van der Waals surface area (Å²) in [5, 5.41) is 15.4. The second kappa shape index (κ2) is 5.54. The molecule has 0 unspecified atom stereocenters. The first-order valence-electron chi connectivity index (χ1n) is 4.74. The van der Waals surface area contributed by atoms with Crippen LogP contribution in [-0.4, -0.2) is 34.8 Å². The van der Waals surface area contributed by atoms with Gasteiger partial charge in [0.1, 0.15) is 0 Å². The van der Waals surface area contributed by atoms with Gasteiger partial charge in [-0.1, -0.05) is 5.16 Å². The zero-order chi connectivity index (χ0) is 12.1. The monoisotopic (exact) mass is 229 g/mol. The molecule has 16 heavy (non-hydrogen) atoms. The van der Waals surface area contributed by atoms with Gasteiger partial charge in [0, 0.05) is 0 Å². The van der Waals surface area contributed by atoms with Gasteiger partial charge in [0.15, 0.2) is 5.82 Å². The van der Waals surface area contributed by atoms with Gasteiger partial charge in [-0.3, -0.25) is 4.79 Å². The fourth-order valence-electron chi connectivity index (χ4n) is 1.15. The van der Waals surface area contributed by atoms with Crippen LogP contribution in [0.15, 0.2) is 4.52 Å². The van der Waals surface area contributed by atoms with Crippen LogP contribution in [0, 0.1) is 0 Å². The van der Waals surface area contributed by atoms with E-state index in [4.69, 9.17) is 21.1 Å². The lowest BCUT2D eigenvalue weighted by Crippen LogP contribution is -2.22. The van der Waals surface area contributed by atoms with Crippen molar-refractivity contribution >= 4 is 5.91 Å². The molecule has 0 bridgehead atoms. The third kappa shape index (κ3) is 2.99. The van der Waals surface area contributed by atoms with Gasteiger partial charge in [-0.05, 0) is 7.05 Å². The molecule has 0 saturated heterocycles. The molecule has 8 heteroatoms. The molecule has 1 rings (SSSR count). The Labute approximate surface area is 92.0 Å². The number of hydrogen-bond donors (Lipinski definition) is 4. The van der Waals surface area contributed by atoms with E-state index >= 15 is 0 Å². The summed E-state index contributed by atoms with van der Waals surface area (Å²) < 4.78 is 4.87. The van der Waals surface area contributed by atoms with E-state index in [9.17, 15) is 4.79 Å². The van der Waals surface area contributed by atoms with E-state index in [1.165, 1.54) is 0 Å². The molecule has 0 aliphatic carbocycles. The van der Waals surface area contributed by atoms with Gasteiger partial charge in [0.05, 0.1) is 25.1 Å². The van der Waals surface area contributed by atoms with Gasteiger partial charge in [-0.2, -0.15) is 4.98 Å². The Morgan fingerprint density at radius 2 is 2.38 bits per heavy atom. The van der Waals surface area contributed by atoms with Crippen molar-refractivity contribution < 1.29 is 14.4 Å². The van der Waals surface area contributed by atoms with Gasteiger partial charge < -0.3 is 26.4 Å². The van der Waals surface area contributed by atoms with Gasteiger partial charge in [-0.25, -0.2) is 0 Å². The summed E-state index contributed by atoms with van der Waals surface area (Å²) in [6.07, 6.45) is -0.0645. The summed E-state index contributed by atoms with van der Waals surface area (Å²) >= 11 is 0. The molecule has 0 radical (unpaired) electrons. The first-order valence-corrected chi connectivity index (χ1v) is 4.74. The molecule has 1 aromatic heterocycles. The first-order chi connectivity index (χ1) is 7.58. The van der Waals surface area contributed by atoms with Crippen molar-refractivity contribution in [3.8, 4) is 0 Å². The fraction of sp³-hybridized carbons (Fsp3) is 0.625. The van der Waals surface area contributed by atoms with Crippen molar-refractivity contribution in [1.82, 2.24) is 15.5 Å². The van der Waals surface area contributed by atoms with E-state index in [0.717, 1.165) is 0 Å². The number of carbonyl (C=O) groups excluding carboxylic acids is 1. The predicted octanol–water partition coefficient (Wildman–Crippen LogP) is -1.80. The standard InChI is InChI=1S/C8H15N5O3/c1-11-5(3-14)7-12-8(16-13-7)4(9)2-6(10)15/h4-5,11,14H,2-3,9H2,1H3,(H2,10,15)/t4-,5-/m0/s1. The maximum atomic E-state index is 10.6. The van der Waals surface area contributed by atoms with E-state index in [0.29, 0.717) is 5.82 Å². The van der Waals surface area contributed by atoms with Crippen LogP contribution in [0.25, 0.3) is 0 Å². The second-order valence-corrected chi connectivity index (χ2v) is 3.29. The zero-order valence-electron chi connectivity index (χ0n) is 8.88. The number of aromatic nitrogens is 2. The topological polar surface area (TPSA) is 140 Å². The molecule has 0 aromatic carbocycles. The molecule has 2 atom stereocenters. The minimum Gasteiger partial charge on any atom is -0.394 e. The van der Waals surface area contributed by atoms with Crippen LogP contribution in [0.3, 0.4) is 0 Å². The summed E-state index contributed by atoms with van der Waals surface area (Å²) in [4.78, 5) is 14.6. The molecule has 0 saturated carbocycles. The number of rotatable bonds is 6. The molecule has 0 aliphatic rings. The van der Waals surface area contributed by atoms with E-state index < -0.39 is 18.0 Å². The molecule has 6 N–H and O–H groups in total. The average molecular weight is 229 g/mol. The summed E-state index contributed by atoms with van der Waals surface area (Å²) in [5.41, 5.74) is 10.6. The minimum absolute atomic E-state index is 0.0645. The normalized spacial score (nSPS) is 14.7. The van der Waals surface area contributed by atoms with Crippen LogP contribution < -0.4 is 16.8 Å². The summed E-state index contributed by atoms with van der Waals surface area (Å²) in [7, 11) is 1.65. The smallest absolute Gasteiger partial charge is 0.244 e. The van der Waals surface area contributed by atoms with E-state index in [-0.39, 0.29) is 18.9 Å². The highest BCUT2D eigenvalue weighted by molar-refractivity contribution is 5.74. The van der Waals surface area contributed by atoms with Crippen LogP contribution in [0.1, 0.15) is 30.2 Å². The third-order valence-corrected chi connectivity index (χ3v) is 2.04. The number of primary amides is 1. The molecule has 8 nitrogen and oxygen atoms in total. The second-order valence-electron chi connectivity index (χ2n) is 3.29. The lowest BCUT2D eigenvalue weighted by molar-refractivity contribution is -0.118. The van der Waals surface area contributed by atoms with Crippen LogP contribution in [-0.2, 0) is 4.79 Å². The zero-order valence-corrected chi connectivity index (χ0v) is 8.88. The maximum absolute atomic E-state index is 10.6. The van der Waals surface area contributed by atoms with Gasteiger partial charge in [0.25, 0.3) is 0 Å². The Morgan fingerprint density at radius 1 is 1.69 bits per heavy atom. The van der Waals surface area contributed by atoms with Crippen molar-refractivity contribution in [2.75, 3.05) is 13.7 Å². The molecular weight excluding hydrogens is 214 g/mol. The molecule has 1 amide bonds. The molecule has 1 heterocycles. The Balaban J connectivity index is 2.73. The van der Waals surface area contributed by atoms with Gasteiger partial charge >= 0.3 is 0 Å². The Bertz CT molecular complexity index is 349. The number of aliphatic hydroxyl groups is 1. The number of hydrogen-bond acceptors (Lipinski definition) is 7. The highest BCUT2D eigenvalue weighted by atomic mass is 16.5. The average Bonchev–Trinajstić information content (AvgIpc) is 2.68. The highest BCUT2D eigenvalue weighted by Crippen LogP contribution is 2.14. The minimum atomic E-state index is -0.713. The molecule has 90 valence electrons. The molecule has 0 spiro atoms. The van der Waals surface area contributed by atoms with Crippen LogP contribution in [0.4, 0.5) is 0 Å². The molecule has 1 aromatic rings. The third-order valence-electron chi connectivity index (χ3n) is 2.04. The van der Waals surface area contributed by atoms with Gasteiger partial charge in [0.2, 0.25) is 11.8 Å². The quantitative estimate of drug-likeness (QED) is 0.451. The fourth-order valence-corrected chi connectivity index (χ4v) is 1.15. The number of nitrogens with two attached hydrogens (primary N) is 2. The number of amides is 1. The van der Waals surface area contributed by atoms with E-state index in [1.54, 1.807) is 7.05 Å². The molecular formula is C8H15N5O3. The first kappa shape index (κ1) is 12.6. The SMILES string of the molecule is CN[C@@H](CO)c1noc([C@@H](N)CC(N)=O)n1. The Hall–Kier alpha value is -1.51. The number of nitrogens with one attached hydrogen (secondary N) is 1. The summed E-state index contributed by atoms with van der Waals surface area (Å²) in [6.45, 7) is -0.166. The molecule has 0 aliphatic heterocycles. The Kier molecular flexibility index (Phi) is 4.35. The van der Waals surface area contributed by atoms with Crippen molar-refractivity contribution in [1.29, 1.82) is 0 Å². The number of carbonyl (C=O) groups is 1. The Morgan fingerprint density at radius 3 is 2.88 bits per heavy atom. The molecule has 0 fully saturated rings. The van der Waals surface area contributed by atoms with Crippen molar-refractivity contribution in [2.24, 2.45) is 11.5 Å². The van der Waals surface area contributed by atoms with E-state index in [2.05, 4.69) is 15.5 Å². The summed E-state index contributed by atoms with van der Waals surface area (Å²) in [5.74, 6) is -0.123. The number of nitrogens with zero attached hydrogens (tertiary/aromatic N) is 2. The van der Waals surface area contributed by atoms with E-state index in [1.807, 2.05) is 0 Å². The predicted molar refractivity (Wildman–Crippen MR) is 53.9 cm³/mol. The van der Waals surface area contributed by atoms with Gasteiger partial charge in [-0.15, -0.1) is 0 Å². The van der Waals surface area contributed by atoms with Crippen molar-refractivity contribution in [2.45, 2.75) is 18.5 Å². The van der Waals surface area contributed by atoms with Crippen LogP contribution >= 0.6 is 0 Å². The number of aliphatic hydroxyl groups excluding tert-OH is 1. The maximum Gasteiger partial charge on any atom is 0.244 e. The van der Waals surface area contributed by atoms with Crippen molar-refractivity contribution in [3.05, 3.63) is 11.7 Å². The summed E-state index contributed by atoms with van der Waals surface area (Å²) in [6, 6.07) is -1.13. The largest absolute Gasteiger partial charge is 0.394 e. The highest BCUT2D eigenvalue weighted by Gasteiger charge is 2.20. The van der Waals surface area contributed by atoms with Crippen LogP contribution in [0.2, 0.25) is 0 Å². The van der Waals surface area contributed by atoms with Crippen molar-refractivity contribution in [3.63, 3.8) is 0 Å². The lowest BCUT2D eigenvalue weighted by Gasteiger charge is -2.06. The lowest BCUT2D eigenvalue weighted by atomic mass is 10.2. The van der Waals surface area contributed by atoms with Crippen LogP contribution in [0.5, 0.6) is 0 Å².